The zero-order chi connectivity index (χ0) is 16.0. The highest BCUT2D eigenvalue weighted by molar-refractivity contribution is 9.10. The summed E-state index contributed by atoms with van der Waals surface area (Å²) in [6.07, 6.45) is 7.79. The quantitative estimate of drug-likeness (QED) is 0.693. The van der Waals surface area contributed by atoms with Crippen LogP contribution in [0.3, 0.4) is 0 Å². The monoisotopic (exact) mass is 396 g/mol. The Morgan fingerprint density at radius 1 is 1.48 bits per heavy atom. The van der Waals surface area contributed by atoms with Gasteiger partial charge in [0.05, 0.1) is 11.7 Å². The van der Waals surface area contributed by atoms with Crippen LogP contribution in [0.5, 0.6) is 0 Å². The van der Waals surface area contributed by atoms with Gasteiger partial charge in [0.25, 0.3) is 0 Å². The minimum absolute atomic E-state index is 0.00111. The van der Waals surface area contributed by atoms with Gasteiger partial charge in [0.15, 0.2) is 6.23 Å². The third kappa shape index (κ3) is 2.73. The Labute approximate surface area is 148 Å². The van der Waals surface area contributed by atoms with Crippen molar-refractivity contribution in [3.63, 3.8) is 0 Å². The summed E-state index contributed by atoms with van der Waals surface area (Å²) in [5.41, 5.74) is 2.13. The summed E-state index contributed by atoms with van der Waals surface area (Å²) in [7, 11) is 0. The Morgan fingerprint density at radius 2 is 2.35 bits per heavy atom. The molecule has 1 unspecified atom stereocenters. The van der Waals surface area contributed by atoms with Gasteiger partial charge in [-0.25, -0.2) is 4.68 Å². The van der Waals surface area contributed by atoms with E-state index in [1.165, 1.54) is 0 Å². The van der Waals surface area contributed by atoms with Gasteiger partial charge < -0.3 is 9.53 Å². The number of halogens is 2. The molecule has 0 radical (unpaired) electrons. The molecule has 2 aromatic rings. The number of hydrogen-bond donors (Lipinski definition) is 0. The summed E-state index contributed by atoms with van der Waals surface area (Å²) in [6.45, 7) is 0.786. The maximum absolute atomic E-state index is 10.7. The van der Waals surface area contributed by atoms with E-state index in [2.05, 4.69) is 21.0 Å². The van der Waals surface area contributed by atoms with E-state index >= 15 is 0 Å². The summed E-state index contributed by atoms with van der Waals surface area (Å²) >= 11 is 10.3. The van der Waals surface area contributed by atoms with Gasteiger partial charge in [-0.2, -0.15) is 5.10 Å². The first-order chi connectivity index (χ1) is 11.2. The summed E-state index contributed by atoms with van der Waals surface area (Å²) in [5, 5.41) is 6.36. The highest BCUT2D eigenvalue weighted by atomic mass is 79.9. The second kappa shape index (κ2) is 6.19. The Hall–Kier alpha value is -0.910. The molecule has 122 valence electrons. The lowest BCUT2D eigenvalue weighted by atomic mass is 10.1. The summed E-state index contributed by atoms with van der Waals surface area (Å²) in [6, 6.07) is 2.00. The predicted octanol–water partition coefficient (Wildman–Crippen LogP) is 4.84. The summed E-state index contributed by atoms with van der Waals surface area (Å²) in [5.74, 6) is 0.802. The summed E-state index contributed by atoms with van der Waals surface area (Å²) < 4.78 is 8.82. The van der Waals surface area contributed by atoms with Crippen LogP contribution in [0.4, 0.5) is 0 Å². The lowest BCUT2D eigenvalue weighted by molar-refractivity contribution is -0.108. The largest absolute Gasteiger partial charge is 0.356 e. The number of benzene rings is 1. The first-order valence-corrected chi connectivity index (χ1v) is 9.28. The fourth-order valence-corrected chi connectivity index (χ4v) is 4.87. The molecule has 2 fully saturated rings. The van der Waals surface area contributed by atoms with E-state index in [0.717, 1.165) is 64.5 Å². The van der Waals surface area contributed by atoms with Gasteiger partial charge in [-0.3, -0.25) is 0 Å². The van der Waals surface area contributed by atoms with Crippen LogP contribution in [0, 0.1) is 5.92 Å². The third-order valence-electron chi connectivity index (χ3n) is 4.95. The normalized spacial score (nSPS) is 27.3. The molecule has 23 heavy (non-hydrogen) atoms. The molecule has 1 aromatic carbocycles. The Kier molecular flexibility index (Phi) is 4.20. The number of ether oxygens (including phenoxy) is 1. The average Bonchev–Trinajstić information content (AvgIpc) is 3.16. The molecule has 1 aliphatic heterocycles. The van der Waals surface area contributed by atoms with Crippen LogP contribution in [0.1, 0.15) is 49.8 Å². The highest BCUT2D eigenvalue weighted by Crippen LogP contribution is 2.54. The van der Waals surface area contributed by atoms with Crippen molar-refractivity contribution < 1.29 is 9.53 Å². The first kappa shape index (κ1) is 15.6. The minimum Gasteiger partial charge on any atom is -0.356 e. The Balaban J connectivity index is 1.73. The second-order valence-corrected chi connectivity index (χ2v) is 7.63. The van der Waals surface area contributed by atoms with Crippen LogP contribution < -0.4 is 0 Å². The van der Waals surface area contributed by atoms with Gasteiger partial charge in [-0.15, -0.1) is 0 Å². The number of carbonyl (C=O) groups is 1. The van der Waals surface area contributed by atoms with Crippen molar-refractivity contribution >= 4 is 44.7 Å². The van der Waals surface area contributed by atoms with Gasteiger partial charge in [0, 0.05) is 27.9 Å². The predicted molar refractivity (Wildman–Crippen MR) is 92.8 cm³/mol. The van der Waals surface area contributed by atoms with Crippen molar-refractivity contribution in [2.24, 2.45) is 5.92 Å². The van der Waals surface area contributed by atoms with Crippen molar-refractivity contribution in [2.45, 2.75) is 44.2 Å². The highest BCUT2D eigenvalue weighted by Gasteiger charge is 2.40. The van der Waals surface area contributed by atoms with E-state index in [0.29, 0.717) is 18.3 Å². The molecule has 6 heteroatoms. The average molecular weight is 398 g/mol. The fraction of sp³-hybridized carbons (Fsp3) is 0.529. The number of nitrogens with zero attached hydrogens (tertiary/aromatic N) is 2. The van der Waals surface area contributed by atoms with E-state index < -0.39 is 0 Å². The van der Waals surface area contributed by atoms with Crippen LogP contribution in [0.2, 0.25) is 5.02 Å². The standard InChI is InChI=1S/C17H18BrClN2O2/c18-17-12-9-20-21(15-3-1-2-6-23-15)14(12)8-13(19)16(17)11-7-10(11)4-5-22/h5,8-11,15H,1-4,6-7H2/t10-,11+,15?/m1/s1. The number of carbonyl (C=O) groups excluding carboxylic acids is 1. The van der Waals surface area contributed by atoms with Crippen LogP contribution in [0.15, 0.2) is 16.7 Å². The molecule has 0 spiro atoms. The van der Waals surface area contributed by atoms with Crippen molar-refractivity contribution in [1.82, 2.24) is 9.78 Å². The molecule has 4 nitrogen and oxygen atoms in total. The van der Waals surface area contributed by atoms with E-state index in [-0.39, 0.29) is 6.23 Å². The number of fused-ring (bicyclic) bond motifs is 1. The van der Waals surface area contributed by atoms with E-state index in [4.69, 9.17) is 16.3 Å². The number of rotatable bonds is 4. The van der Waals surface area contributed by atoms with Crippen LogP contribution in [-0.4, -0.2) is 22.7 Å². The fourth-order valence-electron chi connectivity index (χ4n) is 3.60. The molecule has 1 saturated carbocycles. The van der Waals surface area contributed by atoms with Gasteiger partial charge >= 0.3 is 0 Å². The Morgan fingerprint density at radius 3 is 3.09 bits per heavy atom. The number of aldehydes is 1. The van der Waals surface area contributed by atoms with Gasteiger partial charge in [0.1, 0.15) is 6.29 Å². The van der Waals surface area contributed by atoms with E-state index in [1.807, 2.05) is 16.9 Å². The van der Waals surface area contributed by atoms with Crippen LogP contribution >= 0.6 is 27.5 Å². The number of aromatic nitrogens is 2. The first-order valence-electron chi connectivity index (χ1n) is 8.11. The zero-order valence-corrected chi connectivity index (χ0v) is 15.0. The Bertz CT molecular complexity index is 755. The molecule has 1 saturated heterocycles. The molecule has 2 aliphatic rings. The molecule has 2 heterocycles. The van der Waals surface area contributed by atoms with Gasteiger partial charge in [-0.05, 0) is 65.1 Å². The molecule has 4 rings (SSSR count). The molecule has 1 aliphatic carbocycles. The van der Waals surface area contributed by atoms with Gasteiger partial charge in [-0.1, -0.05) is 11.6 Å². The molecular weight excluding hydrogens is 380 g/mol. The maximum atomic E-state index is 10.7. The third-order valence-corrected chi connectivity index (χ3v) is 6.12. The molecule has 0 bridgehead atoms. The minimum atomic E-state index is -0.00111. The second-order valence-electron chi connectivity index (χ2n) is 6.43. The molecule has 0 N–H and O–H groups in total. The SMILES string of the molecule is O=CC[C@@H]1C[C@@H]1c1c(Cl)cc2c(cnn2C2CCCCO2)c1Br. The van der Waals surface area contributed by atoms with Crippen molar-refractivity contribution in [3.8, 4) is 0 Å². The lowest BCUT2D eigenvalue weighted by Gasteiger charge is -2.23. The number of hydrogen-bond acceptors (Lipinski definition) is 3. The van der Waals surface area contributed by atoms with E-state index in [1.54, 1.807) is 0 Å². The molecule has 3 atom stereocenters. The maximum Gasteiger partial charge on any atom is 0.150 e. The molecule has 1 aromatic heterocycles. The smallest absolute Gasteiger partial charge is 0.150 e. The van der Waals surface area contributed by atoms with Crippen LogP contribution in [-0.2, 0) is 9.53 Å². The van der Waals surface area contributed by atoms with Crippen molar-refractivity contribution in [2.75, 3.05) is 6.61 Å². The lowest BCUT2D eigenvalue weighted by Crippen LogP contribution is -2.18. The molecule has 0 amide bonds. The molecular formula is C17H18BrClN2O2. The summed E-state index contributed by atoms with van der Waals surface area (Å²) in [4.78, 5) is 10.7. The van der Waals surface area contributed by atoms with Gasteiger partial charge in [0.2, 0.25) is 0 Å². The van der Waals surface area contributed by atoms with Crippen LogP contribution in [0.25, 0.3) is 10.9 Å². The topological polar surface area (TPSA) is 44.1 Å². The van der Waals surface area contributed by atoms with Crippen molar-refractivity contribution in [1.29, 1.82) is 0 Å². The van der Waals surface area contributed by atoms with Crippen molar-refractivity contribution in [3.05, 3.63) is 27.3 Å². The van der Waals surface area contributed by atoms with E-state index in [9.17, 15) is 4.79 Å². The zero-order valence-electron chi connectivity index (χ0n) is 12.7.